The molecule has 0 aliphatic heterocycles. The van der Waals surface area contributed by atoms with Crippen LogP contribution in [0, 0.1) is 5.92 Å². The molecule has 0 bridgehead atoms. The van der Waals surface area contributed by atoms with Gasteiger partial charge in [-0.15, -0.1) is 0 Å². The molecular weight excluding hydrogens is 296 g/mol. The van der Waals surface area contributed by atoms with E-state index < -0.39 is 5.97 Å². The van der Waals surface area contributed by atoms with Gasteiger partial charge in [-0.3, -0.25) is 0 Å². The van der Waals surface area contributed by atoms with Gasteiger partial charge in [0.1, 0.15) is 0 Å². The van der Waals surface area contributed by atoms with Crippen LogP contribution >= 0.6 is 0 Å². The average molecular weight is 314 g/mol. The zero-order valence-corrected chi connectivity index (χ0v) is 12.7. The molecule has 23 heavy (non-hydrogen) atoms. The third-order valence-electron chi connectivity index (χ3n) is 3.34. The number of furan rings is 1. The zero-order valence-electron chi connectivity index (χ0n) is 12.7. The third kappa shape index (κ3) is 3.90. The van der Waals surface area contributed by atoms with Crippen LogP contribution in [0.1, 0.15) is 23.0 Å². The van der Waals surface area contributed by atoms with E-state index in [1.807, 2.05) is 0 Å². The average Bonchev–Trinajstić information content (AvgIpc) is 3.13. The lowest BCUT2D eigenvalue weighted by molar-refractivity contribution is 0.0650. The lowest BCUT2D eigenvalue weighted by Gasteiger charge is -2.16. The molecule has 2 aromatic rings. The fraction of sp³-hybridized carbons (Fsp3) is 0.167. The van der Waals surface area contributed by atoms with Crippen molar-refractivity contribution in [2.75, 3.05) is 6.61 Å². The van der Waals surface area contributed by atoms with Crippen LogP contribution in [-0.2, 0) is 4.74 Å². The third-order valence-corrected chi connectivity index (χ3v) is 3.34. The van der Waals surface area contributed by atoms with Gasteiger partial charge in [0.25, 0.3) is 0 Å². The van der Waals surface area contributed by atoms with Crippen molar-refractivity contribution in [1.29, 1.82) is 0 Å². The molecule has 1 aromatic carbocycles. The SMILES string of the molecule is C=C(/C(O)=C(\OC(=O)c1ccco1)c1ccccc1)[C@@H](C)CO. The number of carbonyl (C=O) groups is 1. The van der Waals surface area contributed by atoms with Crippen LogP contribution in [0.3, 0.4) is 0 Å². The Morgan fingerprint density at radius 3 is 2.52 bits per heavy atom. The van der Waals surface area contributed by atoms with Crippen LogP contribution in [0.5, 0.6) is 0 Å². The maximum atomic E-state index is 12.1. The molecule has 0 aliphatic rings. The molecule has 0 fully saturated rings. The lowest BCUT2D eigenvalue weighted by atomic mass is 9.99. The van der Waals surface area contributed by atoms with Crippen LogP contribution in [0.4, 0.5) is 0 Å². The minimum Gasteiger partial charge on any atom is -0.504 e. The van der Waals surface area contributed by atoms with E-state index in [0.29, 0.717) is 5.56 Å². The first kappa shape index (κ1) is 16.6. The second-order valence-corrected chi connectivity index (χ2v) is 5.02. The first-order valence-electron chi connectivity index (χ1n) is 7.09. The summed E-state index contributed by atoms with van der Waals surface area (Å²) >= 11 is 0. The van der Waals surface area contributed by atoms with Gasteiger partial charge in [0.15, 0.2) is 11.5 Å². The number of ether oxygens (including phenoxy) is 1. The smallest absolute Gasteiger partial charge is 0.379 e. The number of benzene rings is 1. The van der Waals surface area contributed by atoms with E-state index in [1.54, 1.807) is 43.3 Å². The van der Waals surface area contributed by atoms with Gasteiger partial charge in [-0.1, -0.05) is 43.8 Å². The van der Waals surface area contributed by atoms with Crippen LogP contribution in [-0.4, -0.2) is 22.8 Å². The summed E-state index contributed by atoms with van der Waals surface area (Å²) in [6.45, 7) is 5.28. The molecule has 0 spiro atoms. The Hall–Kier alpha value is -2.79. The molecule has 120 valence electrons. The van der Waals surface area contributed by atoms with Crippen molar-refractivity contribution in [1.82, 2.24) is 0 Å². The summed E-state index contributed by atoms with van der Waals surface area (Å²) in [7, 11) is 0. The number of aliphatic hydroxyl groups is 2. The fourth-order valence-corrected chi connectivity index (χ4v) is 1.86. The van der Waals surface area contributed by atoms with Gasteiger partial charge < -0.3 is 19.4 Å². The van der Waals surface area contributed by atoms with Gasteiger partial charge in [0.2, 0.25) is 5.76 Å². The second-order valence-electron chi connectivity index (χ2n) is 5.02. The highest BCUT2D eigenvalue weighted by Gasteiger charge is 2.21. The van der Waals surface area contributed by atoms with Crippen molar-refractivity contribution < 1.29 is 24.2 Å². The van der Waals surface area contributed by atoms with Crippen molar-refractivity contribution in [3.8, 4) is 0 Å². The van der Waals surface area contributed by atoms with Gasteiger partial charge in [0.05, 0.1) is 6.26 Å². The first-order chi connectivity index (χ1) is 11.0. The molecule has 1 heterocycles. The molecular formula is C18H18O5. The molecule has 0 saturated carbocycles. The van der Waals surface area contributed by atoms with Crippen molar-refractivity contribution in [2.24, 2.45) is 5.92 Å². The number of hydrogen-bond donors (Lipinski definition) is 2. The minimum absolute atomic E-state index is 0.0204. The maximum absolute atomic E-state index is 12.1. The van der Waals surface area contributed by atoms with E-state index in [9.17, 15) is 15.0 Å². The highest BCUT2D eigenvalue weighted by Crippen LogP contribution is 2.27. The van der Waals surface area contributed by atoms with E-state index in [1.165, 1.54) is 12.3 Å². The van der Waals surface area contributed by atoms with Gasteiger partial charge in [0, 0.05) is 18.1 Å². The molecule has 1 aromatic heterocycles. The predicted octanol–water partition coefficient (Wildman–Crippen LogP) is 3.55. The zero-order chi connectivity index (χ0) is 16.8. The van der Waals surface area contributed by atoms with Crippen LogP contribution in [0.25, 0.3) is 5.76 Å². The predicted molar refractivity (Wildman–Crippen MR) is 85.5 cm³/mol. The van der Waals surface area contributed by atoms with Gasteiger partial charge in [-0.05, 0) is 17.7 Å². The summed E-state index contributed by atoms with van der Waals surface area (Å²) < 4.78 is 10.3. The Balaban J connectivity index is 2.40. The number of aliphatic hydroxyl groups excluding tert-OH is 2. The molecule has 0 saturated heterocycles. The Bertz CT molecular complexity index is 698. The largest absolute Gasteiger partial charge is 0.504 e. The summed E-state index contributed by atoms with van der Waals surface area (Å²) in [4.78, 5) is 12.1. The maximum Gasteiger partial charge on any atom is 0.379 e. The van der Waals surface area contributed by atoms with Crippen LogP contribution in [0.2, 0.25) is 0 Å². The van der Waals surface area contributed by atoms with E-state index in [0.717, 1.165) is 0 Å². The lowest BCUT2D eigenvalue weighted by Crippen LogP contribution is -2.11. The number of hydrogen-bond acceptors (Lipinski definition) is 5. The number of esters is 1. The molecule has 5 heteroatoms. The standard InChI is InChI=1S/C18H18O5/c1-12(11-19)13(2)16(20)17(14-7-4-3-5-8-14)23-18(21)15-9-6-10-22-15/h3-10,12,19-20H,2,11H2,1H3/b17-16+/t12-/m0/s1. The highest BCUT2D eigenvalue weighted by atomic mass is 16.6. The van der Waals surface area contributed by atoms with Crippen molar-refractivity contribution in [2.45, 2.75) is 6.92 Å². The fourth-order valence-electron chi connectivity index (χ4n) is 1.86. The molecule has 2 N–H and O–H groups in total. The number of carbonyl (C=O) groups excluding carboxylic acids is 1. The van der Waals surface area contributed by atoms with Crippen molar-refractivity contribution >= 4 is 11.7 Å². The Morgan fingerprint density at radius 2 is 1.96 bits per heavy atom. The summed E-state index contributed by atoms with van der Waals surface area (Å²) in [5.74, 6) is -1.40. The van der Waals surface area contributed by atoms with Gasteiger partial charge >= 0.3 is 5.97 Å². The summed E-state index contributed by atoms with van der Waals surface area (Å²) in [6, 6.07) is 11.7. The van der Waals surface area contributed by atoms with Crippen LogP contribution in [0.15, 0.2) is 71.1 Å². The molecule has 5 nitrogen and oxygen atoms in total. The summed E-state index contributed by atoms with van der Waals surface area (Å²) in [5, 5.41) is 19.7. The number of allylic oxidation sites excluding steroid dienone is 1. The Labute approximate surface area is 134 Å². The Morgan fingerprint density at radius 1 is 1.26 bits per heavy atom. The van der Waals surface area contributed by atoms with Gasteiger partial charge in [-0.2, -0.15) is 0 Å². The topological polar surface area (TPSA) is 79.9 Å². The quantitative estimate of drug-likeness (QED) is 0.484. The monoisotopic (exact) mass is 314 g/mol. The highest BCUT2D eigenvalue weighted by molar-refractivity contribution is 5.91. The van der Waals surface area contributed by atoms with Crippen molar-refractivity contribution in [3.05, 3.63) is 78.0 Å². The Kier molecular flexibility index (Phi) is 5.38. The molecule has 0 radical (unpaired) electrons. The molecule has 0 amide bonds. The van der Waals surface area contributed by atoms with Crippen LogP contribution < -0.4 is 0 Å². The normalized spacial score (nSPS) is 13.1. The second kappa shape index (κ2) is 7.47. The van der Waals surface area contributed by atoms with E-state index >= 15 is 0 Å². The summed E-state index contributed by atoms with van der Waals surface area (Å²) in [5.41, 5.74) is 0.787. The first-order valence-corrected chi connectivity index (χ1v) is 7.09. The molecule has 0 aliphatic carbocycles. The number of rotatable bonds is 6. The van der Waals surface area contributed by atoms with Crippen molar-refractivity contribution in [3.63, 3.8) is 0 Å². The molecule has 0 unspecified atom stereocenters. The van der Waals surface area contributed by atoms with E-state index in [-0.39, 0.29) is 35.4 Å². The van der Waals surface area contributed by atoms with E-state index in [2.05, 4.69) is 6.58 Å². The molecule has 1 atom stereocenters. The molecule has 2 rings (SSSR count). The summed E-state index contributed by atoms with van der Waals surface area (Å²) in [6.07, 6.45) is 1.36. The van der Waals surface area contributed by atoms with Gasteiger partial charge in [-0.25, -0.2) is 4.79 Å². The minimum atomic E-state index is -0.732. The van der Waals surface area contributed by atoms with E-state index in [4.69, 9.17) is 9.15 Å².